The van der Waals surface area contributed by atoms with Crippen molar-refractivity contribution in [3.8, 4) is 5.75 Å². The second-order valence-corrected chi connectivity index (χ2v) is 8.41. The van der Waals surface area contributed by atoms with Gasteiger partial charge in [0.2, 0.25) is 5.91 Å². The van der Waals surface area contributed by atoms with E-state index in [1.54, 1.807) is 25.1 Å². The number of hydrogen-bond donors (Lipinski definition) is 1. The first kappa shape index (κ1) is 25.3. The average molecular weight is 465 g/mol. The molecule has 1 aliphatic rings. The number of para-hydroxylation sites is 1. The van der Waals surface area contributed by atoms with Gasteiger partial charge < -0.3 is 19.7 Å². The third-order valence-corrected chi connectivity index (χ3v) is 6.04. The van der Waals surface area contributed by atoms with Gasteiger partial charge in [0, 0.05) is 31.2 Å². The SMILES string of the molecule is C=CC(CNC(=O)Cc1ccc(C(=O)OCC)c(OCC)c1)c1ccccc1N1CCCCC1. The summed E-state index contributed by atoms with van der Waals surface area (Å²) in [5, 5.41) is 3.06. The molecule has 0 aromatic heterocycles. The Bertz CT molecular complexity index is 982. The van der Waals surface area contributed by atoms with Gasteiger partial charge >= 0.3 is 5.97 Å². The number of carbonyl (C=O) groups excluding carboxylic acids is 2. The van der Waals surface area contributed by atoms with Crippen molar-refractivity contribution in [2.45, 2.75) is 45.4 Å². The van der Waals surface area contributed by atoms with Crippen molar-refractivity contribution in [3.63, 3.8) is 0 Å². The van der Waals surface area contributed by atoms with Gasteiger partial charge in [-0.2, -0.15) is 0 Å². The van der Waals surface area contributed by atoms with Gasteiger partial charge in [-0.05, 0) is 62.4 Å². The van der Waals surface area contributed by atoms with Crippen molar-refractivity contribution in [2.24, 2.45) is 0 Å². The molecular formula is C28H36N2O4. The summed E-state index contributed by atoms with van der Waals surface area (Å²) in [6.07, 6.45) is 5.81. The summed E-state index contributed by atoms with van der Waals surface area (Å²) >= 11 is 0. The predicted octanol–water partition coefficient (Wildman–Crippen LogP) is 4.88. The lowest BCUT2D eigenvalue weighted by Gasteiger charge is -2.32. The molecule has 6 heteroatoms. The molecule has 182 valence electrons. The summed E-state index contributed by atoms with van der Waals surface area (Å²) in [6.45, 7) is 11.0. The second kappa shape index (κ2) is 12.8. The molecule has 1 heterocycles. The van der Waals surface area contributed by atoms with E-state index in [1.807, 2.05) is 19.1 Å². The number of hydrogen-bond acceptors (Lipinski definition) is 5. The van der Waals surface area contributed by atoms with Gasteiger partial charge in [-0.15, -0.1) is 6.58 Å². The average Bonchev–Trinajstić information content (AvgIpc) is 2.86. The Hall–Kier alpha value is -3.28. The number of anilines is 1. The molecule has 3 rings (SSSR count). The molecule has 1 unspecified atom stereocenters. The lowest BCUT2D eigenvalue weighted by molar-refractivity contribution is -0.120. The van der Waals surface area contributed by atoms with Crippen LogP contribution in [0.3, 0.4) is 0 Å². The fourth-order valence-electron chi connectivity index (χ4n) is 4.34. The molecule has 6 nitrogen and oxygen atoms in total. The number of esters is 1. The van der Waals surface area contributed by atoms with E-state index in [1.165, 1.54) is 30.5 Å². The molecule has 0 spiro atoms. The molecule has 1 saturated heterocycles. The van der Waals surface area contributed by atoms with Crippen LogP contribution in [0.15, 0.2) is 55.1 Å². The van der Waals surface area contributed by atoms with Crippen LogP contribution in [-0.4, -0.2) is 44.7 Å². The minimum absolute atomic E-state index is 0.0206. The van der Waals surface area contributed by atoms with Gasteiger partial charge in [0.1, 0.15) is 11.3 Å². The Kier molecular flexibility index (Phi) is 9.56. The third-order valence-electron chi connectivity index (χ3n) is 6.04. The number of rotatable bonds is 11. The zero-order chi connectivity index (χ0) is 24.3. The molecule has 1 fully saturated rings. The summed E-state index contributed by atoms with van der Waals surface area (Å²) < 4.78 is 10.7. The molecule has 34 heavy (non-hydrogen) atoms. The van der Waals surface area contributed by atoms with Crippen LogP contribution in [-0.2, 0) is 16.0 Å². The number of ether oxygens (including phenoxy) is 2. The van der Waals surface area contributed by atoms with Crippen molar-refractivity contribution in [3.05, 3.63) is 71.8 Å². The van der Waals surface area contributed by atoms with E-state index in [0.717, 1.165) is 18.7 Å². The number of nitrogens with zero attached hydrogens (tertiary/aromatic N) is 1. The fourth-order valence-corrected chi connectivity index (χ4v) is 4.34. The molecule has 1 atom stereocenters. The topological polar surface area (TPSA) is 67.9 Å². The number of piperidine rings is 1. The maximum Gasteiger partial charge on any atom is 0.341 e. The van der Waals surface area contributed by atoms with E-state index in [-0.39, 0.29) is 18.2 Å². The summed E-state index contributed by atoms with van der Waals surface area (Å²) in [5.41, 5.74) is 3.57. The van der Waals surface area contributed by atoms with Crippen LogP contribution in [0.25, 0.3) is 0 Å². The monoisotopic (exact) mass is 464 g/mol. The van der Waals surface area contributed by atoms with E-state index in [4.69, 9.17) is 9.47 Å². The van der Waals surface area contributed by atoms with Gasteiger partial charge in [0.15, 0.2) is 0 Å². The third kappa shape index (κ3) is 6.62. The summed E-state index contributed by atoms with van der Waals surface area (Å²) in [6, 6.07) is 13.6. The number of carbonyl (C=O) groups is 2. The van der Waals surface area contributed by atoms with Crippen molar-refractivity contribution >= 4 is 17.6 Å². The smallest absolute Gasteiger partial charge is 0.341 e. The highest BCUT2D eigenvalue weighted by Gasteiger charge is 2.20. The van der Waals surface area contributed by atoms with Gasteiger partial charge in [-0.3, -0.25) is 4.79 Å². The molecule has 0 aliphatic carbocycles. The quantitative estimate of drug-likeness (QED) is 0.379. The predicted molar refractivity (Wildman–Crippen MR) is 136 cm³/mol. The first-order valence-corrected chi connectivity index (χ1v) is 12.2. The Labute approximate surface area is 202 Å². The van der Waals surface area contributed by atoms with Gasteiger partial charge in [0.05, 0.1) is 19.6 Å². The van der Waals surface area contributed by atoms with E-state index >= 15 is 0 Å². The van der Waals surface area contributed by atoms with Crippen LogP contribution < -0.4 is 15.0 Å². The summed E-state index contributed by atoms with van der Waals surface area (Å²) in [4.78, 5) is 27.4. The normalized spacial score (nSPS) is 14.2. The Morgan fingerprint density at radius 1 is 1.09 bits per heavy atom. The standard InChI is InChI=1S/C28H36N2O4/c1-4-22(23-12-8-9-13-25(23)30-16-10-7-11-17-30)20-29-27(31)19-21-14-15-24(28(32)34-6-3)26(18-21)33-5-2/h4,8-9,12-15,18,22H,1,5-7,10-11,16-17,19-20H2,2-3H3,(H,29,31). The molecular weight excluding hydrogens is 428 g/mol. The molecule has 2 aromatic carbocycles. The number of amides is 1. The molecule has 2 aromatic rings. The first-order chi connectivity index (χ1) is 16.6. The zero-order valence-corrected chi connectivity index (χ0v) is 20.3. The Morgan fingerprint density at radius 3 is 2.56 bits per heavy atom. The summed E-state index contributed by atoms with van der Waals surface area (Å²) in [5.74, 6) is -0.0605. The number of benzene rings is 2. The first-order valence-electron chi connectivity index (χ1n) is 12.2. The molecule has 1 amide bonds. The van der Waals surface area contributed by atoms with Crippen molar-refractivity contribution < 1.29 is 19.1 Å². The minimum atomic E-state index is -0.428. The second-order valence-electron chi connectivity index (χ2n) is 8.41. The Morgan fingerprint density at radius 2 is 1.85 bits per heavy atom. The molecule has 1 aliphatic heterocycles. The van der Waals surface area contributed by atoms with Crippen LogP contribution in [0.4, 0.5) is 5.69 Å². The summed E-state index contributed by atoms with van der Waals surface area (Å²) in [7, 11) is 0. The van der Waals surface area contributed by atoms with Crippen LogP contribution in [0, 0.1) is 0 Å². The highest BCUT2D eigenvalue weighted by molar-refractivity contribution is 5.93. The highest BCUT2D eigenvalue weighted by Crippen LogP contribution is 2.30. The van der Waals surface area contributed by atoms with E-state index in [0.29, 0.717) is 31.1 Å². The van der Waals surface area contributed by atoms with Crippen LogP contribution in [0.5, 0.6) is 5.75 Å². The van der Waals surface area contributed by atoms with Crippen molar-refractivity contribution in [1.29, 1.82) is 0 Å². The molecule has 0 bridgehead atoms. The zero-order valence-electron chi connectivity index (χ0n) is 20.3. The highest BCUT2D eigenvalue weighted by atomic mass is 16.5. The van der Waals surface area contributed by atoms with E-state index in [9.17, 15) is 9.59 Å². The molecule has 0 saturated carbocycles. The fraction of sp³-hybridized carbons (Fsp3) is 0.429. The van der Waals surface area contributed by atoms with Crippen molar-refractivity contribution in [2.75, 3.05) is 37.7 Å². The maximum absolute atomic E-state index is 12.8. The van der Waals surface area contributed by atoms with Crippen molar-refractivity contribution in [1.82, 2.24) is 5.32 Å². The lowest BCUT2D eigenvalue weighted by Crippen LogP contribution is -2.32. The van der Waals surface area contributed by atoms with E-state index < -0.39 is 5.97 Å². The molecule has 0 radical (unpaired) electrons. The van der Waals surface area contributed by atoms with Gasteiger partial charge in [-0.25, -0.2) is 4.79 Å². The maximum atomic E-state index is 12.8. The largest absolute Gasteiger partial charge is 0.493 e. The van der Waals surface area contributed by atoms with E-state index in [2.05, 4.69) is 35.0 Å². The minimum Gasteiger partial charge on any atom is -0.493 e. The van der Waals surface area contributed by atoms with Crippen LogP contribution >= 0.6 is 0 Å². The lowest BCUT2D eigenvalue weighted by atomic mass is 9.95. The van der Waals surface area contributed by atoms with Gasteiger partial charge in [-0.1, -0.05) is 30.3 Å². The molecule has 1 N–H and O–H groups in total. The van der Waals surface area contributed by atoms with Crippen LogP contribution in [0.1, 0.15) is 60.5 Å². The Balaban J connectivity index is 1.66. The number of nitrogens with one attached hydrogen (secondary N) is 1. The van der Waals surface area contributed by atoms with Gasteiger partial charge in [0.25, 0.3) is 0 Å². The van der Waals surface area contributed by atoms with Crippen LogP contribution in [0.2, 0.25) is 0 Å².